The Bertz CT molecular complexity index is 442. The van der Waals surface area contributed by atoms with Crippen molar-refractivity contribution in [3.05, 3.63) is 22.7 Å². The van der Waals surface area contributed by atoms with Crippen LogP contribution >= 0.6 is 0 Å². The van der Waals surface area contributed by atoms with Crippen LogP contribution in [-0.2, 0) is 11.3 Å². The summed E-state index contributed by atoms with van der Waals surface area (Å²) in [5, 5.41) is 11.7. The molecule has 2 N–H and O–H groups in total. The Labute approximate surface area is 99.3 Å². The largest absolute Gasteiger partial charge is 0.481 e. The standard InChI is InChI=1S/C11H17N3O3/c1-3-8(11(16)17)7-13-9-10(15)14(4-2)6-5-12-9/h5-6,8H,3-4,7H2,1-2H3,(H,12,13)(H,16,17). The first-order valence-electron chi connectivity index (χ1n) is 5.62. The van der Waals surface area contributed by atoms with E-state index in [4.69, 9.17) is 5.11 Å². The normalized spacial score (nSPS) is 12.1. The van der Waals surface area contributed by atoms with Crippen molar-refractivity contribution in [2.24, 2.45) is 5.92 Å². The van der Waals surface area contributed by atoms with E-state index in [1.54, 1.807) is 13.1 Å². The minimum absolute atomic E-state index is 0.203. The highest BCUT2D eigenvalue weighted by Crippen LogP contribution is 2.03. The molecule has 1 rings (SSSR count). The average Bonchev–Trinajstić information content (AvgIpc) is 2.31. The number of anilines is 1. The summed E-state index contributed by atoms with van der Waals surface area (Å²) < 4.78 is 1.51. The van der Waals surface area contributed by atoms with E-state index in [2.05, 4.69) is 10.3 Å². The van der Waals surface area contributed by atoms with Crippen molar-refractivity contribution in [2.45, 2.75) is 26.8 Å². The van der Waals surface area contributed by atoms with Crippen LogP contribution in [-0.4, -0.2) is 27.2 Å². The number of aromatic nitrogens is 2. The minimum Gasteiger partial charge on any atom is -0.481 e. The molecule has 17 heavy (non-hydrogen) atoms. The first kappa shape index (κ1) is 13.2. The molecule has 1 unspecified atom stereocenters. The van der Waals surface area contributed by atoms with Crippen LogP contribution in [0.1, 0.15) is 20.3 Å². The number of carboxylic acid groups (broad SMARTS) is 1. The van der Waals surface area contributed by atoms with Crippen molar-refractivity contribution in [3.63, 3.8) is 0 Å². The average molecular weight is 239 g/mol. The molecule has 0 bridgehead atoms. The Morgan fingerprint density at radius 2 is 2.29 bits per heavy atom. The molecular formula is C11H17N3O3. The van der Waals surface area contributed by atoms with Gasteiger partial charge in [-0.15, -0.1) is 0 Å². The molecule has 0 saturated heterocycles. The van der Waals surface area contributed by atoms with Crippen LogP contribution in [0.2, 0.25) is 0 Å². The lowest BCUT2D eigenvalue weighted by atomic mass is 10.1. The molecule has 6 heteroatoms. The maximum atomic E-state index is 11.8. The fourth-order valence-electron chi connectivity index (χ4n) is 1.44. The van der Waals surface area contributed by atoms with Gasteiger partial charge in [0.05, 0.1) is 5.92 Å². The van der Waals surface area contributed by atoms with Crippen LogP contribution in [0.3, 0.4) is 0 Å². The monoisotopic (exact) mass is 239 g/mol. The zero-order valence-corrected chi connectivity index (χ0v) is 10.0. The van der Waals surface area contributed by atoms with Crippen molar-refractivity contribution in [1.82, 2.24) is 9.55 Å². The summed E-state index contributed by atoms with van der Waals surface area (Å²) in [4.78, 5) is 26.5. The lowest BCUT2D eigenvalue weighted by Crippen LogP contribution is -2.28. The third-order valence-corrected chi connectivity index (χ3v) is 2.61. The quantitative estimate of drug-likeness (QED) is 0.766. The molecular weight excluding hydrogens is 222 g/mol. The van der Waals surface area contributed by atoms with Gasteiger partial charge in [0.1, 0.15) is 0 Å². The van der Waals surface area contributed by atoms with E-state index in [1.807, 2.05) is 6.92 Å². The second-order valence-electron chi connectivity index (χ2n) is 3.69. The lowest BCUT2D eigenvalue weighted by Gasteiger charge is -2.11. The van der Waals surface area contributed by atoms with E-state index < -0.39 is 11.9 Å². The van der Waals surface area contributed by atoms with Crippen LogP contribution in [0.25, 0.3) is 0 Å². The molecule has 0 saturated carbocycles. The number of hydrogen-bond acceptors (Lipinski definition) is 4. The molecule has 0 radical (unpaired) electrons. The van der Waals surface area contributed by atoms with Crippen LogP contribution in [0.5, 0.6) is 0 Å². The lowest BCUT2D eigenvalue weighted by molar-refractivity contribution is -0.141. The van der Waals surface area contributed by atoms with E-state index in [1.165, 1.54) is 10.8 Å². The number of carboxylic acids is 1. The maximum Gasteiger partial charge on any atom is 0.308 e. The first-order valence-corrected chi connectivity index (χ1v) is 5.62. The minimum atomic E-state index is -0.869. The molecule has 0 fully saturated rings. The highest BCUT2D eigenvalue weighted by Gasteiger charge is 2.15. The van der Waals surface area contributed by atoms with Crippen LogP contribution in [0, 0.1) is 5.92 Å². The number of carbonyl (C=O) groups is 1. The molecule has 0 aliphatic carbocycles. The van der Waals surface area contributed by atoms with E-state index >= 15 is 0 Å². The topological polar surface area (TPSA) is 84.2 Å². The van der Waals surface area contributed by atoms with Gasteiger partial charge in [0.15, 0.2) is 5.82 Å². The molecule has 1 aromatic heterocycles. The Kier molecular flexibility index (Phi) is 4.68. The van der Waals surface area contributed by atoms with Gasteiger partial charge in [0.25, 0.3) is 5.56 Å². The zero-order chi connectivity index (χ0) is 12.8. The van der Waals surface area contributed by atoms with Crippen LogP contribution < -0.4 is 10.9 Å². The van der Waals surface area contributed by atoms with Gasteiger partial charge in [-0.2, -0.15) is 0 Å². The molecule has 1 atom stereocenters. The van der Waals surface area contributed by atoms with Crippen molar-refractivity contribution in [2.75, 3.05) is 11.9 Å². The summed E-state index contributed by atoms with van der Waals surface area (Å²) in [6.45, 7) is 4.43. The van der Waals surface area contributed by atoms with Crippen LogP contribution in [0.15, 0.2) is 17.2 Å². The third-order valence-electron chi connectivity index (χ3n) is 2.61. The van der Waals surface area contributed by atoms with Crippen LogP contribution in [0.4, 0.5) is 5.82 Å². The molecule has 94 valence electrons. The van der Waals surface area contributed by atoms with Gasteiger partial charge < -0.3 is 15.0 Å². The van der Waals surface area contributed by atoms with Gasteiger partial charge in [-0.25, -0.2) is 4.98 Å². The van der Waals surface area contributed by atoms with Gasteiger partial charge in [0, 0.05) is 25.5 Å². The van der Waals surface area contributed by atoms with E-state index in [-0.39, 0.29) is 17.9 Å². The van der Waals surface area contributed by atoms with Gasteiger partial charge in [-0.05, 0) is 13.3 Å². The smallest absolute Gasteiger partial charge is 0.308 e. The Hall–Kier alpha value is -1.85. The number of nitrogens with zero attached hydrogens (tertiary/aromatic N) is 2. The number of aliphatic carboxylic acids is 1. The highest BCUT2D eigenvalue weighted by atomic mass is 16.4. The van der Waals surface area contributed by atoms with E-state index in [9.17, 15) is 9.59 Å². The SMILES string of the molecule is CCC(CNc1nccn(CC)c1=O)C(=O)O. The first-order chi connectivity index (χ1) is 8.10. The van der Waals surface area contributed by atoms with Gasteiger partial charge in [0.2, 0.25) is 0 Å². The summed E-state index contributed by atoms with van der Waals surface area (Å²) >= 11 is 0. The van der Waals surface area contributed by atoms with E-state index in [0.29, 0.717) is 13.0 Å². The summed E-state index contributed by atoms with van der Waals surface area (Å²) in [7, 11) is 0. The van der Waals surface area contributed by atoms with Crippen molar-refractivity contribution in [3.8, 4) is 0 Å². The molecule has 0 spiro atoms. The Balaban J connectivity index is 2.76. The molecule has 0 aliphatic rings. The zero-order valence-electron chi connectivity index (χ0n) is 10.0. The highest BCUT2D eigenvalue weighted by molar-refractivity contribution is 5.70. The predicted molar refractivity (Wildman–Crippen MR) is 64.1 cm³/mol. The van der Waals surface area contributed by atoms with Crippen molar-refractivity contribution in [1.29, 1.82) is 0 Å². The van der Waals surface area contributed by atoms with Crippen molar-refractivity contribution >= 4 is 11.8 Å². The number of aryl methyl sites for hydroxylation is 1. The molecule has 1 heterocycles. The van der Waals surface area contributed by atoms with Gasteiger partial charge >= 0.3 is 5.97 Å². The molecule has 1 aromatic rings. The summed E-state index contributed by atoms with van der Waals surface area (Å²) in [5.74, 6) is -1.17. The second-order valence-corrected chi connectivity index (χ2v) is 3.69. The maximum absolute atomic E-state index is 11.8. The Morgan fingerprint density at radius 1 is 1.59 bits per heavy atom. The number of rotatable bonds is 6. The summed E-state index contributed by atoms with van der Waals surface area (Å²) in [5.41, 5.74) is -0.227. The molecule has 0 aromatic carbocycles. The Morgan fingerprint density at radius 3 is 2.82 bits per heavy atom. The second kappa shape index (κ2) is 6.03. The van der Waals surface area contributed by atoms with E-state index in [0.717, 1.165) is 0 Å². The summed E-state index contributed by atoms with van der Waals surface area (Å²) in [6, 6.07) is 0. The third kappa shape index (κ3) is 3.30. The molecule has 0 amide bonds. The van der Waals surface area contributed by atoms with Gasteiger partial charge in [-0.3, -0.25) is 9.59 Å². The fraction of sp³-hybridized carbons (Fsp3) is 0.545. The molecule has 6 nitrogen and oxygen atoms in total. The fourth-order valence-corrected chi connectivity index (χ4v) is 1.44. The van der Waals surface area contributed by atoms with Crippen molar-refractivity contribution < 1.29 is 9.90 Å². The predicted octanol–water partition coefficient (Wildman–Crippen LogP) is 0.786. The summed E-state index contributed by atoms with van der Waals surface area (Å²) in [6.07, 6.45) is 3.63. The molecule has 0 aliphatic heterocycles. The number of hydrogen-bond donors (Lipinski definition) is 2. The van der Waals surface area contributed by atoms with Gasteiger partial charge in [-0.1, -0.05) is 6.92 Å². The number of nitrogens with one attached hydrogen (secondary N) is 1.